The van der Waals surface area contributed by atoms with Crippen LogP contribution in [0.1, 0.15) is 47.5 Å². The largest absolute Gasteiger partial charge is 0.361 e. The third kappa shape index (κ3) is 3.03. The molecule has 0 saturated carbocycles. The molecule has 3 aromatic rings. The van der Waals surface area contributed by atoms with Crippen LogP contribution >= 0.6 is 11.3 Å². The van der Waals surface area contributed by atoms with Crippen LogP contribution < -0.4 is 5.32 Å². The van der Waals surface area contributed by atoms with Crippen LogP contribution in [0.5, 0.6) is 0 Å². The molecule has 1 unspecified atom stereocenters. The Balaban J connectivity index is 1.86. The van der Waals surface area contributed by atoms with Crippen LogP contribution in [0.3, 0.4) is 0 Å². The fraction of sp³-hybridized carbons (Fsp3) is 0.400. The average molecular weight is 337 g/mol. The topological polar surface area (TPSA) is 55.1 Å². The molecule has 3 rings (SSSR count). The van der Waals surface area contributed by atoms with Crippen LogP contribution in [0, 0.1) is 6.92 Å². The predicted molar refractivity (Wildman–Crippen MR) is 86.2 cm³/mol. The summed E-state index contributed by atoms with van der Waals surface area (Å²) in [7, 11) is 0. The molecule has 0 aliphatic carbocycles. The van der Waals surface area contributed by atoms with Crippen molar-refractivity contribution < 1.29 is 8.78 Å². The molecule has 0 bridgehead atoms. The molecule has 0 aliphatic rings. The summed E-state index contributed by atoms with van der Waals surface area (Å²) >= 11 is 1.76. The number of hydrogen-bond donors (Lipinski definition) is 1. The summed E-state index contributed by atoms with van der Waals surface area (Å²) in [5.74, 6) is 0.0624. The molecule has 3 aromatic heterocycles. The molecule has 0 fully saturated rings. The van der Waals surface area contributed by atoms with E-state index in [1.807, 2.05) is 6.92 Å². The number of rotatable bonds is 5. The molecular formula is C15H17F2N5S. The number of hydrogen-bond acceptors (Lipinski definition) is 5. The van der Waals surface area contributed by atoms with Crippen LogP contribution in [0.2, 0.25) is 0 Å². The minimum atomic E-state index is -2.71. The Bertz CT molecular complexity index is 826. The Morgan fingerprint density at radius 1 is 1.30 bits per heavy atom. The second kappa shape index (κ2) is 6.19. The minimum absolute atomic E-state index is 0.0374. The van der Waals surface area contributed by atoms with Gasteiger partial charge >= 0.3 is 0 Å². The summed E-state index contributed by atoms with van der Waals surface area (Å²) in [6.45, 7) is 6.26. The van der Waals surface area contributed by atoms with E-state index in [1.165, 1.54) is 15.3 Å². The van der Waals surface area contributed by atoms with Gasteiger partial charge in [-0.05, 0) is 44.0 Å². The smallest absolute Gasteiger partial charge is 0.299 e. The number of aromatic nitrogens is 4. The van der Waals surface area contributed by atoms with Gasteiger partial charge in [-0.1, -0.05) is 6.92 Å². The van der Waals surface area contributed by atoms with Crippen molar-refractivity contribution >= 4 is 22.8 Å². The number of nitrogens with one attached hydrogen (secondary N) is 1. The zero-order valence-corrected chi connectivity index (χ0v) is 13.9. The molecule has 122 valence electrons. The van der Waals surface area contributed by atoms with Crippen LogP contribution in [0.4, 0.5) is 14.6 Å². The number of aryl methyl sites for hydroxylation is 2. The van der Waals surface area contributed by atoms with Crippen molar-refractivity contribution in [3.8, 4) is 0 Å². The molecule has 5 nitrogen and oxygen atoms in total. The summed E-state index contributed by atoms with van der Waals surface area (Å²) < 4.78 is 26.9. The fourth-order valence-electron chi connectivity index (χ4n) is 2.42. The second-order valence-electron chi connectivity index (χ2n) is 5.32. The van der Waals surface area contributed by atoms with E-state index < -0.39 is 12.2 Å². The third-order valence-corrected chi connectivity index (χ3v) is 5.20. The van der Waals surface area contributed by atoms with Crippen molar-refractivity contribution in [2.75, 3.05) is 5.32 Å². The standard InChI is InChI=1S/C15H17F2N5S/c1-4-10-8(2)7-11(23-10)9(3)18-12-5-6-13-19-20-15(14(16)17)22(13)21-12/h5-7,9,14H,4H2,1-3H3,(H,18,21). The summed E-state index contributed by atoms with van der Waals surface area (Å²) in [4.78, 5) is 2.55. The SMILES string of the molecule is CCc1sc(C(C)Nc2ccc3nnc(C(F)F)n3n2)cc1C. The zero-order valence-electron chi connectivity index (χ0n) is 13.0. The van der Waals surface area contributed by atoms with Crippen molar-refractivity contribution in [3.05, 3.63) is 39.3 Å². The molecule has 0 saturated heterocycles. The zero-order chi connectivity index (χ0) is 16.6. The first-order valence-corrected chi connectivity index (χ1v) is 8.17. The average Bonchev–Trinajstić information content (AvgIpc) is 3.10. The van der Waals surface area contributed by atoms with E-state index in [9.17, 15) is 8.78 Å². The van der Waals surface area contributed by atoms with Crippen molar-refractivity contribution in [1.82, 2.24) is 19.8 Å². The van der Waals surface area contributed by atoms with Crippen LogP contribution in [0.25, 0.3) is 5.65 Å². The maximum atomic E-state index is 12.9. The van der Waals surface area contributed by atoms with E-state index in [0.717, 1.165) is 10.9 Å². The number of nitrogens with zero attached hydrogens (tertiary/aromatic N) is 4. The summed E-state index contributed by atoms with van der Waals surface area (Å²) in [5, 5.41) is 14.6. The Morgan fingerprint density at radius 3 is 2.74 bits per heavy atom. The molecule has 0 amide bonds. The van der Waals surface area contributed by atoms with E-state index in [1.54, 1.807) is 23.5 Å². The molecule has 0 spiro atoms. The maximum Gasteiger partial charge on any atom is 0.299 e. The highest BCUT2D eigenvalue weighted by Gasteiger charge is 2.18. The first-order valence-electron chi connectivity index (χ1n) is 7.35. The van der Waals surface area contributed by atoms with Gasteiger partial charge in [-0.2, -0.15) is 4.52 Å². The highest BCUT2D eigenvalue weighted by atomic mass is 32.1. The first-order chi connectivity index (χ1) is 11.0. The third-order valence-electron chi connectivity index (χ3n) is 3.63. The summed E-state index contributed by atoms with van der Waals surface area (Å²) in [6.07, 6.45) is -1.71. The fourth-order valence-corrected chi connectivity index (χ4v) is 3.54. The highest BCUT2D eigenvalue weighted by Crippen LogP contribution is 2.29. The van der Waals surface area contributed by atoms with E-state index in [4.69, 9.17) is 0 Å². The molecule has 23 heavy (non-hydrogen) atoms. The molecule has 0 aromatic carbocycles. The van der Waals surface area contributed by atoms with Gasteiger partial charge in [0.15, 0.2) is 5.65 Å². The van der Waals surface area contributed by atoms with Gasteiger partial charge < -0.3 is 5.32 Å². The number of anilines is 1. The van der Waals surface area contributed by atoms with Gasteiger partial charge in [0.2, 0.25) is 5.82 Å². The quantitative estimate of drug-likeness (QED) is 0.759. The summed E-state index contributed by atoms with van der Waals surface area (Å²) in [6, 6.07) is 5.54. The molecule has 1 N–H and O–H groups in total. The van der Waals surface area contributed by atoms with E-state index in [0.29, 0.717) is 11.5 Å². The number of fused-ring (bicyclic) bond motifs is 1. The van der Waals surface area contributed by atoms with Crippen molar-refractivity contribution in [3.63, 3.8) is 0 Å². The van der Waals surface area contributed by atoms with Gasteiger partial charge in [0.05, 0.1) is 6.04 Å². The number of alkyl halides is 2. The first kappa shape index (κ1) is 15.8. The normalized spacial score (nSPS) is 13.0. The van der Waals surface area contributed by atoms with E-state index in [2.05, 4.69) is 40.5 Å². The van der Waals surface area contributed by atoms with Gasteiger partial charge in [0.25, 0.3) is 6.43 Å². The second-order valence-corrected chi connectivity index (χ2v) is 6.49. The van der Waals surface area contributed by atoms with Crippen LogP contribution in [-0.2, 0) is 6.42 Å². The lowest BCUT2D eigenvalue weighted by Gasteiger charge is -2.13. The van der Waals surface area contributed by atoms with Gasteiger partial charge in [0.1, 0.15) is 5.82 Å². The predicted octanol–water partition coefficient (Wildman–Crippen LogP) is 4.17. The number of thiophene rings is 1. The lowest BCUT2D eigenvalue weighted by atomic mass is 10.2. The Morgan fingerprint density at radius 2 is 2.09 bits per heavy atom. The number of halogens is 2. The minimum Gasteiger partial charge on any atom is -0.361 e. The molecular weight excluding hydrogens is 320 g/mol. The lowest BCUT2D eigenvalue weighted by molar-refractivity contribution is 0.137. The lowest BCUT2D eigenvalue weighted by Crippen LogP contribution is -2.09. The molecule has 3 heterocycles. The van der Waals surface area contributed by atoms with Crippen molar-refractivity contribution in [2.24, 2.45) is 0 Å². The van der Waals surface area contributed by atoms with E-state index >= 15 is 0 Å². The summed E-state index contributed by atoms with van der Waals surface area (Å²) in [5.41, 5.74) is 1.59. The monoisotopic (exact) mass is 337 g/mol. The van der Waals surface area contributed by atoms with Gasteiger partial charge in [-0.15, -0.1) is 26.6 Å². The van der Waals surface area contributed by atoms with Gasteiger partial charge in [0, 0.05) is 9.75 Å². The maximum absolute atomic E-state index is 12.9. The van der Waals surface area contributed by atoms with E-state index in [-0.39, 0.29) is 6.04 Å². The molecule has 8 heteroatoms. The van der Waals surface area contributed by atoms with Crippen LogP contribution in [0.15, 0.2) is 18.2 Å². The van der Waals surface area contributed by atoms with Crippen LogP contribution in [-0.4, -0.2) is 19.8 Å². The van der Waals surface area contributed by atoms with Crippen molar-refractivity contribution in [2.45, 2.75) is 39.7 Å². The van der Waals surface area contributed by atoms with Gasteiger partial charge in [-0.3, -0.25) is 0 Å². The Hall–Kier alpha value is -2.09. The van der Waals surface area contributed by atoms with Crippen molar-refractivity contribution in [1.29, 1.82) is 0 Å². The Kier molecular flexibility index (Phi) is 4.25. The highest BCUT2D eigenvalue weighted by molar-refractivity contribution is 7.12. The molecule has 0 aliphatic heterocycles. The van der Waals surface area contributed by atoms with Gasteiger partial charge in [-0.25, -0.2) is 8.78 Å². The molecule has 1 atom stereocenters. The Labute approximate surface area is 136 Å². The molecule has 0 radical (unpaired) electrons.